The number of aromatic nitrogens is 1. The van der Waals surface area contributed by atoms with E-state index in [4.69, 9.17) is 4.98 Å². The van der Waals surface area contributed by atoms with Gasteiger partial charge in [-0.05, 0) is 81.8 Å². The second kappa shape index (κ2) is 12.1. The molecule has 7 aromatic rings. The van der Waals surface area contributed by atoms with Gasteiger partial charge in [0.05, 0.1) is 9.88 Å². The average molecular weight is 633 g/mol. The molecule has 0 N–H and O–H groups in total. The molecule has 0 saturated heterocycles. The van der Waals surface area contributed by atoms with E-state index in [-0.39, 0.29) is 0 Å². The molecule has 0 saturated carbocycles. The third-order valence-electron chi connectivity index (χ3n) is 9.41. The van der Waals surface area contributed by atoms with Crippen LogP contribution in [0.5, 0.6) is 0 Å². The minimum absolute atomic E-state index is 0.341. The minimum Gasteiger partial charge on any atom is -0.310 e. The van der Waals surface area contributed by atoms with E-state index in [2.05, 4.69) is 181 Å². The lowest BCUT2D eigenvalue weighted by molar-refractivity contribution is 0.860. The standard InChI is InChI=1S/C45H32N2S/c1-4-10-31(11-5-1)33-18-24-38(25-19-33)47(39-26-20-34(21-27-39)32-12-6-2-7-13-32)40-28-22-35-16-17-36-23-29-42-44(43(36)41(35)30-40)48-45(46-42)37-14-8-3-9-15-37/h1-22,24-30,36H,23H2. The molecule has 2 aliphatic rings. The van der Waals surface area contributed by atoms with Crippen LogP contribution in [0.25, 0.3) is 50.6 Å². The summed E-state index contributed by atoms with van der Waals surface area (Å²) in [6.45, 7) is 0. The summed E-state index contributed by atoms with van der Waals surface area (Å²) in [6.07, 6.45) is 7.96. The maximum atomic E-state index is 5.11. The highest BCUT2D eigenvalue weighted by atomic mass is 32.1. The van der Waals surface area contributed by atoms with Crippen molar-refractivity contribution in [3.63, 3.8) is 0 Å². The first-order valence-electron chi connectivity index (χ1n) is 16.5. The van der Waals surface area contributed by atoms with Crippen LogP contribution in [-0.4, -0.2) is 4.98 Å². The molecule has 1 unspecified atom stereocenters. The summed E-state index contributed by atoms with van der Waals surface area (Å²) in [5.41, 5.74) is 13.3. The van der Waals surface area contributed by atoms with Gasteiger partial charge in [-0.3, -0.25) is 0 Å². The molecule has 0 aliphatic heterocycles. The SMILES string of the molecule is C1=CC2CC=c3nc(-c4ccccc4)sc3=C2c2cc(N(c3ccc(-c4ccccc4)cc3)c3ccc(-c4ccccc4)cc3)ccc21. The van der Waals surface area contributed by atoms with Gasteiger partial charge in [0.15, 0.2) is 0 Å². The van der Waals surface area contributed by atoms with Crippen LogP contribution in [0, 0.1) is 5.92 Å². The van der Waals surface area contributed by atoms with Crippen LogP contribution in [0.2, 0.25) is 0 Å². The van der Waals surface area contributed by atoms with Gasteiger partial charge >= 0.3 is 0 Å². The normalized spacial score (nSPS) is 14.4. The number of allylic oxidation sites excluding steroid dienone is 1. The second-order valence-electron chi connectivity index (χ2n) is 12.4. The van der Waals surface area contributed by atoms with E-state index in [9.17, 15) is 0 Å². The zero-order valence-corrected chi connectivity index (χ0v) is 27.1. The molecule has 0 radical (unpaired) electrons. The number of benzene rings is 6. The predicted molar refractivity (Wildman–Crippen MR) is 203 cm³/mol. The van der Waals surface area contributed by atoms with Crippen molar-refractivity contribution in [2.24, 2.45) is 5.92 Å². The molecule has 2 aliphatic carbocycles. The molecule has 2 nitrogen and oxygen atoms in total. The largest absolute Gasteiger partial charge is 0.310 e. The monoisotopic (exact) mass is 632 g/mol. The Balaban J connectivity index is 1.19. The molecule has 0 fully saturated rings. The molecule has 1 heterocycles. The number of rotatable bonds is 6. The Morgan fingerprint density at radius 3 is 1.65 bits per heavy atom. The Morgan fingerprint density at radius 2 is 1.06 bits per heavy atom. The summed E-state index contributed by atoms with van der Waals surface area (Å²) in [5, 5.41) is 2.19. The molecule has 48 heavy (non-hydrogen) atoms. The number of hydrogen-bond acceptors (Lipinski definition) is 3. The highest BCUT2D eigenvalue weighted by Gasteiger charge is 2.26. The molecule has 9 rings (SSSR count). The topological polar surface area (TPSA) is 16.1 Å². The highest BCUT2D eigenvalue weighted by molar-refractivity contribution is 7.13. The number of thiazole rings is 1. The van der Waals surface area contributed by atoms with Crippen molar-refractivity contribution in [3.05, 3.63) is 185 Å². The van der Waals surface area contributed by atoms with Gasteiger partial charge in [0.25, 0.3) is 0 Å². The van der Waals surface area contributed by atoms with E-state index in [0.717, 1.165) is 33.8 Å². The van der Waals surface area contributed by atoms with Gasteiger partial charge in [0.1, 0.15) is 5.01 Å². The van der Waals surface area contributed by atoms with Crippen molar-refractivity contribution in [1.29, 1.82) is 0 Å². The van der Waals surface area contributed by atoms with Gasteiger partial charge in [0, 0.05) is 28.5 Å². The van der Waals surface area contributed by atoms with Gasteiger partial charge in [-0.2, -0.15) is 0 Å². The van der Waals surface area contributed by atoms with E-state index in [1.165, 1.54) is 49.0 Å². The first-order valence-corrected chi connectivity index (χ1v) is 17.3. The third-order valence-corrected chi connectivity index (χ3v) is 10.6. The molecule has 3 heteroatoms. The van der Waals surface area contributed by atoms with Crippen LogP contribution in [0.15, 0.2) is 164 Å². The van der Waals surface area contributed by atoms with E-state index in [1.54, 1.807) is 0 Å². The summed E-state index contributed by atoms with van der Waals surface area (Å²) >= 11 is 1.82. The highest BCUT2D eigenvalue weighted by Crippen LogP contribution is 2.42. The average Bonchev–Trinajstić information content (AvgIpc) is 3.61. The summed E-state index contributed by atoms with van der Waals surface area (Å²) in [4.78, 5) is 7.50. The molecule has 0 amide bonds. The fourth-order valence-electron chi connectivity index (χ4n) is 6.99. The Morgan fingerprint density at radius 1 is 0.542 bits per heavy atom. The molecule has 228 valence electrons. The number of anilines is 3. The second-order valence-corrected chi connectivity index (χ2v) is 13.4. The molecule has 1 atom stereocenters. The molecule has 0 spiro atoms. The van der Waals surface area contributed by atoms with E-state index in [1.807, 2.05) is 11.3 Å². The number of nitrogens with zero attached hydrogens (tertiary/aromatic N) is 2. The summed E-state index contributed by atoms with van der Waals surface area (Å²) < 4.78 is 1.29. The zero-order valence-electron chi connectivity index (χ0n) is 26.3. The molecule has 0 bridgehead atoms. The molecular formula is C45H32N2S. The fraction of sp³-hybridized carbons (Fsp3) is 0.0444. The number of hydrogen-bond donors (Lipinski definition) is 0. The van der Waals surface area contributed by atoms with E-state index < -0.39 is 0 Å². The molecule has 6 aromatic carbocycles. The van der Waals surface area contributed by atoms with Gasteiger partial charge < -0.3 is 4.90 Å². The van der Waals surface area contributed by atoms with Crippen LogP contribution in [0.4, 0.5) is 17.1 Å². The fourth-order valence-corrected chi connectivity index (χ4v) is 8.18. The van der Waals surface area contributed by atoms with Crippen molar-refractivity contribution in [2.45, 2.75) is 6.42 Å². The van der Waals surface area contributed by atoms with Crippen LogP contribution in [-0.2, 0) is 0 Å². The maximum absolute atomic E-state index is 5.11. The number of fused-ring (bicyclic) bond motifs is 4. The summed E-state index contributed by atoms with van der Waals surface area (Å²) in [5.74, 6) is 0.341. The zero-order chi connectivity index (χ0) is 31.9. The van der Waals surface area contributed by atoms with Gasteiger partial charge in [-0.1, -0.05) is 140 Å². The van der Waals surface area contributed by atoms with Crippen LogP contribution < -0.4 is 14.8 Å². The smallest absolute Gasteiger partial charge is 0.124 e. The summed E-state index contributed by atoms with van der Waals surface area (Å²) in [7, 11) is 0. The summed E-state index contributed by atoms with van der Waals surface area (Å²) in [6, 6.07) is 56.5. The lowest BCUT2D eigenvalue weighted by atomic mass is 9.81. The Hall–Kier alpha value is -5.77. The van der Waals surface area contributed by atoms with Crippen molar-refractivity contribution in [2.75, 3.05) is 4.90 Å². The molecule has 1 aromatic heterocycles. The van der Waals surface area contributed by atoms with Crippen molar-refractivity contribution < 1.29 is 0 Å². The Labute approximate surface area is 285 Å². The quantitative estimate of drug-likeness (QED) is 0.181. The Kier molecular flexibility index (Phi) is 7.18. The first-order chi connectivity index (χ1) is 23.8. The van der Waals surface area contributed by atoms with Gasteiger partial charge in [-0.25, -0.2) is 4.98 Å². The van der Waals surface area contributed by atoms with Crippen molar-refractivity contribution in [1.82, 2.24) is 4.98 Å². The van der Waals surface area contributed by atoms with Crippen LogP contribution in [0.1, 0.15) is 17.5 Å². The van der Waals surface area contributed by atoms with Crippen LogP contribution >= 0.6 is 11.3 Å². The lowest BCUT2D eigenvalue weighted by Crippen LogP contribution is -2.31. The van der Waals surface area contributed by atoms with E-state index in [0.29, 0.717) is 5.92 Å². The minimum atomic E-state index is 0.341. The van der Waals surface area contributed by atoms with Gasteiger partial charge in [-0.15, -0.1) is 11.3 Å². The predicted octanol–water partition coefficient (Wildman–Crippen LogP) is 10.6. The first kappa shape index (κ1) is 28.5. The van der Waals surface area contributed by atoms with Crippen molar-refractivity contribution >= 4 is 46.1 Å². The van der Waals surface area contributed by atoms with Crippen molar-refractivity contribution in [3.8, 4) is 32.8 Å². The third kappa shape index (κ3) is 5.19. The van der Waals surface area contributed by atoms with Crippen LogP contribution in [0.3, 0.4) is 0 Å². The molecular weight excluding hydrogens is 601 g/mol. The maximum Gasteiger partial charge on any atom is 0.124 e. The Bertz CT molecular complexity index is 2310. The lowest BCUT2D eigenvalue weighted by Gasteiger charge is -2.29. The van der Waals surface area contributed by atoms with Gasteiger partial charge in [0.2, 0.25) is 0 Å². The van der Waals surface area contributed by atoms with E-state index >= 15 is 0 Å².